The van der Waals surface area contributed by atoms with Gasteiger partial charge in [-0.2, -0.15) is 0 Å². The Bertz CT molecular complexity index is 277. The Morgan fingerprint density at radius 2 is 2.31 bits per heavy atom. The lowest BCUT2D eigenvalue weighted by Gasteiger charge is -2.21. The maximum atomic E-state index is 3.56. The quantitative estimate of drug-likeness (QED) is 0.640. The molecule has 2 heterocycles. The van der Waals surface area contributed by atoms with Gasteiger partial charge in [-0.05, 0) is 19.4 Å². The van der Waals surface area contributed by atoms with Crippen molar-refractivity contribution in [3.05, 3.63) is 30.1 Å². The van der Waals surface area contributed by atoms with Crippen LogP contribution in [0.1, 0.15) is 31.0 Å². The molecule has 1 aliphatic rings. The van der Waals surface area contributed by atoms with Gasteiger partial charge in [0.05, 0.1) is 6.04 Å². The fourth-order valence-corrected chi connectivity index (χ4v) is 2.00. The number of pyridine rings is 1. The minimum Gasteiger partial charge on any atom is -0.305 e. The molecular formula is C11H17N2+. The number of aromatic nitrogens is 1. The summed E-state index contributed by atoms with van der Waals surface area (Å²) in [6, 6.07) is 6.97. The normalized spacial score (nSPS) is 23.0. The van der Waals surface area contributed by atoms with Crippen LogP contribution in [0.3, 0.4) is 0 Å². The zero-order valence-electron chi connectivity index (χ0n) is 8.16. The van der Waals surface area contributed by atoms with Gasteiger partial charge >= 0.3 is 0 Å². The van der Waals surface area contributed by atoms with Gasteiger partial charge < -0.3 is 5.32 Å². The molecule has 1 N–H and O–H groups in total. The van der Waals surface area contributed by atoms with Crippen LogP contribution in [0.5, 0.6) is 0 Å². The number of hydrogen-bond acceptors (Lipinski definition) is 1. The minimum absolute atomic E-state index is 0.569. The van der Waals surface area contributed by atoms with Crippen molar-refractivity contribution in [2.75, 3.05) is 6.54 Å². The summed E-state index contributed by atoms with van der Waals surface area (Å²) in [6.07, 6.45) is 6.07. The van der Waals surface area contributed by atoms with Crippen molar-refractivity contribution in [3.8, 4) is 0 Å². The lowest BCUT2D eigenvalue weighted by atomic mass is 10.0. The molecule has 1 aromatic heterocycles. The van der Waals surface area contributed by atoms with E-state index in [-0.39, 0.29) is 0 Å². The Labute approximate surface area is 79.6 Å². The molecule has 1 aliphatic heterocycles. The Morgan fingerprint density at radius 1 is 1.38 bits per heavy atom. The smallest absolute Gasteiger partial charge is 0.198 e. The average molecular weight is 177 g/mol. The second-order valence-electron chi connectivity index (χ2n) is 3.74. The number of nitrogens with zero attached hydrogens (tertiary/aromatic N) is 1. The van der Waals surface area contributed by atoms with Gasteiger partial charge in [0.15, 0.2) is 11.9 Å². The molecule has 70 valence electrons. The Balaban J connectivity index is 2.18. The molecular weight excluding hydrogens is 160 g/mol. The first kappa shape index (κ1) is 8.70. The van der Waals surface area contributed by atoms with Gasteiger partial charge in [-0.1, -0.05) is 12.5 Å². The van der Waals surface area contributed by atoms with Crippen molar-refractivity contribution in [2.24, 2.45) is 7.05 Å². The highest BCUT2D eigenvalue weighted by Crippen LogP contribution is 2.19. The van der Waals surface area contributed by atoms with E-state index < -0.39 is 0 Å². The number of piperidine rings is 1. The largest absolute Gasteiger partial charge is 0.305 e. The summed E-state index contributed by atoms with van der Waals surface area (Å²) in [4.78, 5) is 0. The minimum atomic E-state index is 0.569. The maximum absolute atomic E-state index is 3.56. The fraction of sp³-hybridized carbons (Fsp3) is 0.545. The molecule has 1 saturated heterocycles. The first-order chi connectivity index (χ1) is 6.38. The lowest BCUT2D eigenvalue weighted by Crippen LogP contribution is -2.40. The summed E-state index contributed by atoms with van der Waals surface area (Å²) in [6.45, 7) is 1.17. The monoisotopic (exact) mass is 177 g/mol. The van der Waals surface area contributed by atoms with Gasteiger partial charge in [-0.15, -0.1) is 0 Å². The van der Waals surface area contributed by atoms with E-state index >= 15 is 0 Å². The molecule has 0 saturated carbocycles. The van der Waals surface area contributed by atoms with Gasteiger partial charge in [0.25, 0.3) is 0 Å². The number of rotatable bonds is 1. The van der Waals surface area contributed by atoms with Gasteiger partial charge in [0.1, 0.15) is 7.05 Å². The Kier molecular flexibility index (Phi) is 2.60. The van der Waals surface area contributed by atoms with Crippen LogP contribution in [-0.4, -0.2) is 6.54 Å². The van der Waals surface area contributed by atoms with Crippen LogP contribution >= 0.6 is 0 Å². The third-order valence-corrected chi connectivity index (χ3v) is 2.76. The van der Waals surface area contributed by atoms with E-state index in [0.717, 1.165) is 0 Å². The summed E-state index contributed by atoms with van der Waals surface area (Å²) in [7, 11) is 2.12. The molecule has 0 radical (unpaired) electrons. The average Bonchev–Trinajstić information content (AvgIpc) is 2.20. The van der Waals surface area contributed by atoms with Crippen LogP contribution < -0.4 is 9.88 Å². The summed E-state index contributed by atoms with van der Waals surface area (Å²) in [5.41, 5.74) is 1.40. The Hall–Kier alpha value is -0.890. The first-order valence-corrected chi connectivity index (χ1v) is 5.06. The second kappa shape index (κ2) is 3.88. The molecule has 13 heavy (non-hydrogen) atoms. The second-order valence-corrected chi connectivity index (χ2v) is 3.74. The standard InChI is InChI=1S/C11H17N2/c1-13-9-5-3-7-11(13)10-6-2-4-8-12-10/h3,5,7,9-10,12H,2,4,6,8H2,1H3/q+1. The molecule has 0 bridgehead atoms. The van der Waals surface area contributed by atoms with Crippen LogP contribution in [0.15, 0.2) is 24.4 Å². The number of nitrogens with one attached hydrogen (secondary N) is 1. The zero-order chi connectivity index (χ0) is 9.10. The molecule has 0 amide bonds. The van der Waals surface area contributed by atoms with E-state index in [1.165, 1.54) is 31.5 Å². The van der Waals surface area contributed by atoms with E-state index in [1.807, 2.05) is 0 Å². The molecule has 1 atom stereocenters. The molecule has 0 aliphatic carbocycles. The highest BCUT2D eigenvalue weighted by molar-refractivity contribution is 5.03. The van der Waals surface area contributed by atoms with Crippen molar-refractivity contribution in [2.45, 2.75) is 25.3 Å². The molecule has 2 nitrogen and oxygen atoms in total. The van der Waals surface area contributed by atoms with Crippen LogP contribution in [0.2, 0.25) is 0 Å². The molecule has 1 aromatic rings. The number of aryl methyl sites for hydroxylation is 1. The Morgan fingerprint density at radius 3 is 3.00 bits per heavy atom. The van der Waals surface area contributed by atoms with Crippen LogP contribution in [-0.2, 0) is 7.05 Å². The molecule has 0 spiro atoms. The fourth-order valence-electron chi connectivity index (χ4n) is 2.00. The van der Waals surface area contributed by atoms with Crippen molar-refractivity contribution in [3.63, 3.8) is 0 Å². The molecule has 2 rings (SSSR count). The maximum Gasteiger partial charge on any atom is 0.198 e. The summed E-state index contributed by atoms with van der Waals surface area (Å²) < 4.78 is 2.21. The van der Waals surface area contributed by atoms with Gasteiger partial charge in [0, 0.05) is 12.1 Å². The third-order valence-electron chi connectivity index (χ3n) is 2.76. The van der Waals surface area contributed by atoms with Crippen molar-refractivity contribution in [1.82, 2.24) is 5.32 Å². The van der Waals surface area contributed by atoms with Crippen LogP contribution in [0.25, 0.3) is 0 Å². The molecule has 2 heteroatoms. The number of hydrogen-bond donors (Lipinski definition) is 1. The summed E-state index contributed by atoms with van der Waals surface area (Å²) in [5.74, 6) is 0. The van der Waals surface area contributed by atoms with E-state index in [1.54, 1.807) is 0 Å². The van der Waals surface area contributed by atoms with Crippen molar-refractivity contribution < 1.29 is 4.57 Å². The van der Waals surface area contributed by atoms with Gasteiger partial charge in [-0.3, -0.25) is 0 Å². The highest BCUT2D eigenvalue weighted by atomic mass is 15.0. The van der Waals surface area contributed by atoms with Crippen LogP contribution in [0, 0.1) is 0 Å². The first-order valence-electron chi connectivity index (χ1n) is 5.06. The highest BCUT2D eigenvalue weighted by Gasteiger charge is 2.20. The van der Waals surface area contributed by atoms with E-state index in [2.05, 4.69) is 41.3 Å². The summed E-state index contributed by atoms with van der Waals surface area (Å²) in [5, 5.41) is 3.56. The molecule has 1 unspecified atom stereocenters. The zero-order valence-corrected chi connectivity index (χ0v) is 8.16. The van der Waals surface area contributed by atoms with Gasteiger partial charge in [0.2, 0.25) is 0 Å². The van der Waals surface area contributed by atoms with E-state index in [0.29, 0.717) is 6.04 Å². The van der Waals surface area contributed by atoms with Crippen LogP contribution in [0.4, 0.5) is 0 Å². The summed E-state index contributed by atoms with van der Waals surface area (Å²) >= 11 is 0. The van der Waals surface area contributed by atoms with Crippen molar-refractivity contribution in [1.29, 1.82) is 0 Å². The molecule has 1 fully saturated rings. The van der Waals surface area contributed by atoms with Crippen molar-refractivity contribution >= 4 is 0 Å². The third kappa shape index (κ3) is 1.89. The molecule has 0 aromatic carbocycles. The predicted molar refractivity (Wildman–Crippen MR) is 52.2 cm³/mol. The SMILES string of the molecule is C[n+]1ccccc1C1CCCCN1. The lowest BCUT2D eigenvalue weighted by molar-refractivity contribution is -0.681. The van der Waals surface area contributed by atoms with E-state index in [9.17, 15) is 0 Å². The van der Waals surface area contributed by atoms with Gasteiger partial charge in [-0.25, -0.2) is 4.57 Å². The topological polar surface area (TPSA) is 15.9 Å². The van der Waals surface area contributed by atoms with E-state index in [4.69, 9.17) is 0 Å². The predicted octanol–water partition coefficient (Wildman–Crippen LogP) is 1.33.